The lowest BCUT2D eigenvalue weighted by molar-refractivity contribution is -0.144. The van der Waals surface area contributed by atoms with Gasteiger partial charge in [-0.15, -0.1) is 0 Å². The fourth-order valence-electron chi connectivity index (χ4n) is 2.81. The molecule has 0 aliphatic carbocycles. The molecule has 0 radical (unpaired) electrons. The molecule has 12 nitrogen and oxygen atoms in total. The van der Waals surface area contributed by atoms with E-state index in [2.05, 4.69) is 16.0 Å². The van der Waals surface area contributed by atoms with Crippen LogP contribution in [0.2, 0.25) is 0 Å². The van der Waals surface area contributed by atoms with Gasteiger partial charge in [-0.3, -0.25) is 19.2 Å². The van der Waals surface area contributed by atoms with Gasteiger partial charge in [-0.2, -0.15) is 0 Å². The molecule has 5 unspecified atom stereocenters. The minimum absolute atomic E-state index is 0.0256. The lowest BCUT2D eigenvalue weighted by Gasteiger charge is -2.27. The summed E-state index contributed by atoms with van der Waals surface area (Å²) in [6, 6.07) is -4.72. The molecule has 0 saturated heterocycles. The molecule has 0 aliphatic heterocycles. The van der Waals surface area contributed by atoms with Gasteiger partial charge in [0.05, 0.1) is 12.6 Å². The molecule has 5 atom stereocenters. The predicted octanol–water partition coefficient (Wildman–Crippen LogP) is -1.80. The maximum atomic E-state index is 12.7. The Labute approximate surface area is 187 Å². The minimum Gasteiger partial charge on any atom is -0.480 e. The number of hydrogen-bond donors (Lipinski definition) is 7. The Morgan fingerprint density at radius 2 is 1.44 bits per heavy atom. The van der Waals surface area contributed by atoms with Gasteiger partial charge in [-0.1, -0.05) is 34.1 Å². The van der Waals surface area contributed by atoms with Crippen molar-refractivity contribution >= 4 is 29.6 Å². The summed E-state index contributed by atoms with van der Waals surface area (Å²) < 4.78 is 0. The van der Waals surface area contributed by atoms with E-state index >= 15 is 0 Å². The number of carboxylic acid groups (broad SMARTS) is 1. The van der Waals surface area contributed by atoms with Crippen LogP contribution in [0, 0.1) is 11.8 Å². The second-order valence-electron chi connectivity index (χ2n) is 8.26. The highest BCUT2D eigenvalue weighted by atomic mass is 16.4. The zero-order valence-electron chi connectivity index (χ0n) is 19.1. The van der Waals surface area contributed by atoms with Crippen LogP contribution in [-0.2, 0) is 24.0 Å². The molecule has 0 bridgehead atoms. The number of amides is 4. The Kier molecular flexibility index (Phi) is 13.1. The van der Waals surface area contributed by atoms with E-state index in [9.17, 15) is 34.2 Å². The van der Waals surface area contributed by atoms with E-state index in [-0.39, 0.29) is 31.1 Å². The van der Waals surface area contributed by atoms with Gasteiger partial charge in [0.2, 0.25) is 23.6 Å². The van der Waals surface area contributed by atoms with Gasteiger partial charge in [0.15, 0.2) is 0 Å². The van der Waals surface area contributed by atoms with Crippen molar-refractivity contribution in [3.63, 3.8) is 0 Å². The number of hydrogen-bond acceptors (Lipinski definition) is 7. The average molecular weight is 460 g/mol. The first-order chi connectivity index (χ1) is 14.8. The predicted molar refractivity (Wildman–Crippen MR) is 116 cm³/mol. The van der Waals surface area contributed by atoms with Gasteiger partial charge in [-0.05, 0) is 24.7 Å². The molecule has 184 valence electrons. The van der Waals surface area contributed by atoms with Crippen molar-refractivity contribution in [2.24, 2.45) is 23.3 Å². The highest BCUT2D eigenvalue weighted by molar-refractivity contribution is 5.94. The second kappa shape index (κ2) is 14.4. The van der Waals surface area contributed by atoms with Crippen LogP contribution < -0.4 is 27.4 Å². The zero-order valence-corrected chi connectivity index (χ0v) is 19.1. The van der Waals surface area contributed by atoms with E-state index in [0.717, 1.165) is 0 Å². The zero-order chi connectivity index (χ0) is 25.0. The normalized spacial score (nSPS) is 15.7. The van der Waals surface area contributed by atoms with E-state index in [1.807, 2.05) is 13.8 Å². The Hall–Kier alpha value is -2.73. The fourth-order valence-corrected chi connectivity index (χ4v) is 2.81. The van der Waals surface area contributed by atoms with E-state index in [0.29, 0.717) is 6.42 Å². The Bertz CT molecular complexity index is 671. The topological polar surface area (TPSA) is 214 Å². The summed E-state index contributed by atoms with van der Waals surface area (Å²) in [6.07, 6.45) is 0.565. The molecule has 0 saturated carbocycles. The molecule has 0 aromatic heterocycles. The van der Waals surface area contributed by atoms with E-state index < -0.39 is 60.4 Å². The molecular weight excluding hydrogens is 422 g/mol. The van der Waals surface area contributed by atoms with Crippen LogP contribution in [0.3, 0.4) is 0 Å². The summed E-state index contributed by atoms with van der Waals surface area (Å²) in [7, 11) is 0. The largest absolute Gasteiger partial charge is 0.480 e. The van der Waals surface area contributed by atoms with Gasteiger partial charge >= 0.3 is 5.97 Å². The molecule has 9 N–H and O–H groups in total. The number of carboxylic acids is 1. The first kappa shape index (κ1) is 29.3. The van der Waals surface area contributed by atoms with Gasteiger partial charge in [-0.25, -0.2) is 4.79 Å². The first-order valence-corrected chi connectivity index (χ1v) is 10.6. The Morgan fingerprint density at radius 3 is 1.88 bits per heavy atom. The minimum atomic E-state index is -1.39. The van der Waals surface area contributed by atoms with Crippen molar-refractivity contribution < 1.29 is 34.2 Å². The maximum Gasteiger partial charge on any atom is 0.326 e. The number of aliphatic carboxylic acids is 1. The molecular formula is C20H37N5O7. The molecule has 0 aromatic rings. The molecule has 0 spiro atoms. The first-order valence-electron chi connectivity index (χ1n) is 10.6. The summed E-state index contributed by atoms with van der Waals surface area (Å²) in [5, 5.41) is 26.1. The highest BCUT2D eigenvalue weighted by Gasteiger charge is 2.32. The number of nitrogens with one attached hydrogen (secondary N) is 3. The van der Waals surface area contributed by atoms with Crippen LogP contribution in [0.4, 0.5) is 0 Å². The average Bonchev–Trinajstić information content (AvgIpc) is 2.71. The quantitative estimate of drug-likeness (QED) is 0.148. The monoisotopic (exact) mass is 459 g/mol. The number of aliphatic hydroxyl groups is 1. The van der Waals surface area contributed by atoms with Crippen molar-refractivity contribution in [3.05, 3.63) is 0 Å². The number of aliphatic hydroxyl groups excluding tert-OH is 1. The van der Waals surface area contributed by atoms with Crippen molar-refractivity contribution in [1.82, 2.24) is 16.0 Å². The molecule has 0 heterocycles. The van der Waals surface area contributed by atoms with E-state index in [1.54, 1.807) is 13.8 Å². The summed E-state index contributed by atoms with van der Waals surface area (Å²) in [5.74, 6) is -4.47. The standard InChI is InChI=1S/C20H37N5O7/c1-5-11(4)16(20(31)32)25-18(29)13(8-10(2)3)23-19(30)14(9-26)24-17(28)12(21)6-7-15(22)27/h10-14,16,26H,5-9,21H2,1-4H3,(H2,22,27)(H,23,30)(H,24,28)(H,25,29)(H,31,32). The number of carbonyl (C=O) groups is 5. The van der Waals surface area contributed by atoms with E-state index in [4.69, 9.17) is 11.5 Å². The second-order valence-corrected chi connectivity index (χ2v) is 8.26. The van der Waals surface area contributed by atoms with Crippen LogP contribution in [0.25, 0.3) is 0 Å². The van der Waals surface area contributed by atoms with Crippen molar-refractivity contribution in [1.29, 1.82) is 0 Å². The van der Waals surface area contributed by atoms with Gasteiger partial charge in [0, 0.05) is 6.42 Å². The molecule has 12 heteroatoms. The SMILES string of the molecule is CCC(C)C(NC(=O)C(CC(C)C)NC(=O)C(CO)NC(=O)C(N)CCC(N)=O)C(=O)O. The molecule has 0 aliphatic rings. The Morgan fingerprint density at radius 1 is 0.906 bits per heavy atom. The van der Waals surface area contributed by atoms with Crippen LogP contribution in [0.15, 0.2) is 0 Å². The lowest BCUT2D eigenvalue weighted by Crippen LogP contribution is -2.58. The summed E-state index contributed by atoms with van der Waals surface area (Å²) in [4.78, 5) is 59.8. The fraction of sp³-hybridized carbons (Fsp3) is 0.750. The lowest BCUT2D eigenvalue weighted by atomic mass is 9.97. The van der Waals surface area contributed by atoms with Crippen molar-refractivity contribution in [3.8, 4) is 0 Å². The third-order valence-corrected chi connectivity index (χ3v) is 4.97. The Balaban J connectivity index is 5.27. The highest BCUT2D eigenvalue weighted by Crippen LogP contribution is 2.11. The van der Waals surface area contributed by atoms with Crippen LogP contribution >= 0.6 is 0 Å². The summed E-state index contributed by atoms with van der Waals surface area (Å²) in [5.41, 5.74) is 10.7. The van der Waals surface area contributed by atoms with Crippen LogP contribution in [0.5, 0.6) is 0 Å². The molecule has 0 rings (SSSR count). The molecule has 32 heavy (non-hydrogen) atoms. The van der Waals surface area contributed by atoms with Crippen molar-refractivity contribution in [2.75, 3.05) is 6.61 Å². The van der Waals surface area contributed by atoms with Crippen molar-refractivity contribution in [2.45, 2.75) is 77.5 Å². The summed E-state index contributed by atoms with van der Waals surface area (Å²) in [6.45, 7) is 6.36. The third kappa shape index (κ3) is 10.5. The van der Waals surface area contributed by atoms with Gasteiger partial charge in [0.25, 0.3) is 0 Å². The van der Waals surface area contributed by atoms with Gasteiger partial charge < -0.3 is 37.6 Å². The smallest absolute Gasteiger partial charge is 0.326 e. The number of rotatable bonds is 15. The number of primary amides is 1. The van der Waals surface area contributed by atoms with Crippen LogP contribution in [0.1, 0.15) is 53.4 Å². The number of nitrogens with two attached hydrogens (primary N) is 2. The number of carbonyl (C=O) groups excluding carboxylic acids is 4. The maximum absolute atomic E-state index is 12.7. The van der Waals surface area contributed by atoms with E-state index in [1.165, 1.54) is 0 Å². The van der Waals surface area contributed by atoms with Crippen LogP contribution in [-0.4, -0.2) is 70.6 Å². The van der Waals surface area contributed by atoms with Gasteiger partial charge in [0.1, 0.15) is 18.1 Å². The molecule has 4 amide bonds. The molecule has 0 fully saturated rings. The third-order valence-electron chi connectivity index (χ3n) is 4.97. The summed E-state index contributed by atoms with van der Waals surface area (Å²) >= 11 is 0. The molecule has 0 aromatic carbocycles.